The van der Waals surface area contributed by atoms with Crippen LogP contribution in [-0.4, -0.2) is 36.6 Å². The van der Waals surface area contributed by atoms with Crippen molar-refractivity contribution in [3.63, 3.8) is 0 Å². The Morgan fingerprint density at radius 3 is 2.90 bits per heavy atom. The van der Waals surface area contributed by atoms with Crippen LogP contribution in [-0.2, 0) is 17.9 Å². The zero-order valence-electron chi connectivity index (χ0n) is 15.9. The van der Waals surface area contributed by atoms with Crippen LogP contribution in [0, 0.1) is 13.8 Å². The van der Waals surface area contributed by atoms with E-state index in [1.54, 1.807) is 12.1 Å². The lowest BCUT2D eigenvalue weighted by Gasteiger charge is -2.10. The van der Waals surface area contributed by atoms with Gasteiger partial charge in [-0.3, -0.25) is 14.7 Å². The van der Waals surface area contributed by atoms with Crippen molar-refractivity contribution in [1.82, 2.24) is 25.0 Å². The molecule has 3 aromatic rings. The topological polar surface area (TPSA) is 94.8 Å². The minimum Gasteiger partial charge on any atom is -0.484 e. The van der Waals surface area contributed by atoms with Crippen LogP contribution in [0.1, 0.15) is 16.4 Å². The highest BCUT2D eigenvalue weighted by Crippen LogP contribution is 2.26. The van der Waals surface area contributed by atoms with Gasteiger partial charge in [0.2, 0.25) is 11.0 Å². The van der Waals surface area contributed by atoms with Crippen molar-refractivity contribution in [3.8, 4) is 5.75 Å². The summed E-state index contributed by atoms with van der Waals surface area (Å²) in [6, 6.07) is 5.57. The number of hydrogen-bond donors (Lipinski definition) is 1. The summed E-state index contributed by atoms with van der Waals surface area (Å²) in [5.41, 5.74) is 1.05. The number of anilines is 1. The maximum atomic E-state index is 12.1. The summed E-state index contributed by atoms with van der Waals surface area (Å²) >= 11 is 8.78. The first-order valence-corrected chi connectivity index (χ1v) is 10.8. The Kier molecular flexibility index (Phi) is 7.24. The van der Waals surface area contributed by atoms with E-state index >= 15 is 0 Å². The van der Waals surface area contributed by atoms with Gasteiger partial charge in [0.05, 0.1) is 10.8 Å². The van der Waals surface area contributed by atoms with Gasteiger partial charge in [0, 0.05) is 6.54 Å². The molecule has 2 aromatic heterocycles. The molecule has 29 heavy (non-hydrogen) atoms. The number of ether oxygens (including phenoxy) is 1. The van der Waals surface area contributed by atoms with E-state index in [2.05, 4.69) is 32.3 Å². The van der Waals surface area contributed by atoms with Gasteiger partial charge in [0.25, 0.3) is 0 Å². The number of nitrogens with zero attached hydrogens (tertiary/aromatic N) is 5. The van der Waals surface area contributed by atoms with Crippen LogP contribution in [0.4, 0.5) is 5.13 Å². The van der Waals surface area contributed by atoms with Crippen molar-refractivity contribution in [2.45, 2.75) is 32.2 Å². The number of nitrogens with one attached hydrogen (secondary N) is 1. The number of allylic oxidation sites excluding steroid dienone is 1. The van der Waals surface area contributed by atoms with Crippen LogP contribution in [0.25, 0.3) is 0 Å². The van der Waals surface area contributed by atoms with E-state index < -0.39 is 0 Å². The average molecular weight is 451 g/mol. The molecule has 1 N–H and O–H groups in total. The van der Waals surface area contributed by atoms with Crippen LogP contribution in [0.5, 0.6) is 5.75 Å². The quantitative estimate of drug-likeness (QED) is 0.390. The van der Waals surface area contributed by atoms with Crippen molar-refractivity contribution in [3.05, 3.63) is 52.3 Å². The number of aryl methyl sites for hydroxylation is 2. The molecule has 0 atom stereocenters. The Labute approximate surface area is 181 Å². The first-order valence-electron chi connectivity index (χ1n) is 8.61. The number of carbonyl (C=O) groups excluding carboxylic acids is 1. The molecule has 8 nitrogen and oxygen atoms in total. The lowest BCUT2D eigenvalue weighted by atomic mass is 10.2. The molecule has 0 saturated carbocycles. The van der Waals surface area contributed by atoms with Crippen molar-refractivity contribution >= 4 is 45.7 Å². The first-order chi connectivity index (χ1) is 14.0. The van der Waals surface area contributed by atoms with Gasteiger partial charge in [0.15, 0.2) is 11.0 Å². The van der Waals surface area contributed by atoms with E-state index in [1.807, 2.05) is 30.5 Å². The summed E-state index contributed by atoms with van der Waals surface area (Å²) in [6.45, 7) is 8.25. The molecule has 11 heteroatoms. The lowest BCUT2D eigenvalue weighted by Crippen LogP contribution is -2.15. The minimum absolute atomic E-state index is 0.165. The van der Waals surface area contributed by atoms with Crippen LogP contribution >= 0.6 is 34.7 Å². The molecule has 1 aromatic carbocycles. The molecule has 0 saturated heterocycles. The molecular weight excluding hydrogens is 432 g/mol. The number of carbonyl (C=O) groups is 1. The predicted octanol–water partition coefficient (Wildman–Crippen LogP) is 3.90. The molecule has 0 fully saturated rings. The zero-order valence-corrected chi connectivity index (χ0v) is 18.3. The summed E-state index contributed by atoms with van der Waals surface area (Å²) in [4.78, 5) is 12.1. The zero-order chi connectivity index (χ0) is 20.8. The SMILES string of the molecule is C=CCn1c(COc2cc(C)ccc2Cl)nnc1SCC(=O)Nc1nnc(C)s1. The standard InChI is InChI=1S/C18H19ClN6O2S2/c1-4-7-25-15(9-27-14-8-11(2)5-6-13(14)19)22-24-18(25)28-10-16(26)20-17-23-21-12(3)29-17/h4-6,8H,1,7,9-10H2,2-3H3,(H,20,23,26). The fourth-order valence-corrected chi connectivity index (χ4v) is 3.89. The number of benzene rings is 1. The molecular formula is C18H19ClN6O2S2. The molecule has 0 aliphatic carbocycles. The van der Waals surface area contributed by atoms with E-state index in [1.165, 1.54) is 23.1 Å². The highest BCUT2D eigenvalue weighted by Gasteiger charge is 2.15. The Hall–Kier alpha value is -2.43. The minimum atomic E-state index is -0.191. The Morgan fingerprint density at radius 2 is 2.17 bits per heavy atom. The van der Waals surface area contributed by atoms with Gasteiger partial charge in [0.1, 0.15) is 17.4 Å². The van der Waals surface area contributed by atoms with Crippen molar-refractivity contribution in [2.75, 3.05) is 11.1 Å². The molecule has 3 rings (SSSR count). The largest absolute Gasteiger partial charge is 0.484 e. The van der Waals surface area contributed by atoms with Crippen LogP contribution < -0.4 is 10.1 Å². The van der Waals surface area contributed by atoms with Crippen molar-refractivity contribution < 1.29 is 9.53 Å². The molecule has 0 radical (unpaired) electrons. The molecule has 2 heterocycles. The monoisotopic (exact) mass is 450 g/mol. The van der Waals surface area contributed by atoms with Gasteiger partial charge >= 0.3 is 0 Å². The van der Waals surface area contributed by atoms with E-state index in [-0.39, 0.29) is 18.3 Å². The van der Waals surface area contributed by atoms with Gasteiger partial charge in [-0.25, -0.2) is 0 Å². The summed E-state index contributed by atoms with van der Waals surface area (Å²) in [5, 5.41) is 21.2. The molecule has 0 bridgehead atoms. The highest BCUT2D eigenvalue weighted by molar-refractivity contribution is 7.99. The third-order valence-electron chi connectivity index (χ3n) is 3.65. The summed E-state index contributed by atoms with van der Waals surface area (Å²) in [6.07, 6.45) is 1.74. The maximum absolute atomic E-state index is 12.1. The Morgan fingerprint density at radius 1 is 1.34 bits per heavy atom. The van der Waals surface area contributed by atoms with E-state index in [0.717, 1.165) is 10.6 Å². The van der Waals surface area contributed by atoms with E-state index in [0.29, 0.717) is 33.4 Å². The number of rotatable bonds is 9. The number of hydrogen-bond acceptors (Lipinski definition) is 8. The molecule has 1 amide bonds. The number of halogens is 1. The fraction of sp³-hybridized carbons (Fsp3) is 0.278. The fourth-order valence-electron chi connectivity index (χ4n) is 2.34. The van der Waals surface area contributed by atoms with Crippen LogP contribution in [0.2, 0.25) is 5.02 Å². The highest BCUT2D eigenvalue weighted by atomic mass is 35.5. The first kappa shape index (κ1) is 21.3. The van der Waals surface area contributed by atoms with E-state index in [4.69, 9.17) is 16.3 Å². The third kappa shape index (κ3) is 5.78. The smallest absolute Gasteiger partial charge is 0.236 e. The second kappa shape index (κ2) is 9.86. The number of thioether (sulfide) groups is 1. The van der Waals surface area contributed by atoms with Gasteiger partial charge in [-0.2, -0.15) is 0 Å². The summed E-state index contributed by atoms with van der Waals surface area (Å²) in [7, 11) is 0. The summed E-state index contributed by atoms with van der Waals surface area (Å²) < 4.78 is 7.67. The molecule has 152 valence electrons. The molecule has 0 spiro atoms. The third-order valence-corrected chi connectivity index (χ3v) is 5.69. The summed E-state index contributed by atoms with van der Waals surface area (Å²) in [5.74, 6) is 1.17. The van der Waals surface area contributed by atoms with Gasteiger partial charge in [-0.1, -0.05) is 46.8 Å². The molecule has 0 aliphatic rings. The molecule has 0 unspecified atom stereocenters. The maximum Gasteiger partial charge on any atom is 0.236 e. The second-order valence-electron chi connectivity index (χ2n) is 5.98. The Balaban J connectivity index is 1.63. The molecule has 0 aliphatic heterocycles. The second-order valence-corrected chi connectivity index (χ2v) is 8.52. The van der Waals surface area contributed by atoms with Crippen LogP contribution in [0.15, 0.2) is 36.0 Å². The normalized spacial score (nSPS) is 10.7. The predicted molar refractivity (Wildman–Crippen MR) is 115 cm³/mol. The van der Waals surface area contributed by atoms with Crippen molar-refractivity contribution in [1.29, 1.82) is 0 Å². The number of amides is 1. The van der Waals surface area contributed by atoms with Gasteiger partial charge in [-0.05, 0) is 31.5 Å². The Bertz CT molecular complexity index is 1020. The van der Waals surface area contributed by atoms with E-state index in [9.17, 15) is 4.79 Å². The van der Waals surface area contributed by atoms with Crippen LogP contribution in [0.3, 0.4) is 0 Å². The lowest BCUT2D eigenvalue weighted by molar-refractivity contribution is -0.113. The van der Waals surface area contributed by atoms with Crippen molar-refractivity contribution in [2.24, 2.45) is 0 Å². The van der Waals surface area contributed by atoms with Gasteiger partial charge < -0.3 is 4.74 Å². The average Bonchev–Trinajstić information content (AvgIpc) is 3.27. The van der Waals surface area contributed by atoms with Gasteiger partial charge in [-0.15, -0.1) is 27.0 Å². The number of aromatic nitrogens is 5.